The van der Waals surface area contributed by atoms with Gasteiger partial charge in [0.25, 0.3) is 5.91 Å². The predicted molar refractivity (Wildman–Crippen MR) is 140 cm³/mol. The molecule has 0 aromatic heterocycles. The Morgan fingerprint density at radius 3 is 2.37 bits per heavy atom. The van der Waals surface area contributed by atoms with Crippen LogP contribution in [0.1, 0.15) is 42.4 Å². The summed E-state index contributed by atoms with van der Waals surface area (Å²) in [5.41, 5.74) is 4.85. The van der Waals surface area contributed by atoms with Crippen molar-refractivity contribution in [2.75, 3.05) is 33.1 Å². The summed E-state index contributed by atoms with van der Waals surface area (Å²) in [6.07, 6.45) is 4.97. The summed E-state index contributed by atoms with van der Waals surface area (Å²) < 4.78 is 0. The van der Waals surface area contributed by atoms with Crippen molar-refractivity contribution in [1.82, 2.24) is 4.90 Å². The number of rotatable bonds is 4. The smallest absolute Gasteiger partial charge is 0.255 e. The number of ketones is 2. The van der Waals surface area contributed by atoms with E-state index >= 15 is 0 Å². The Bertz CT molecular complexity index is 1390. The molecule has 202 valence electrons. The van der Waals surface area contributed by atoms with E-state index in [0.29, 0.717) is 11.1 Å². The van der Waals surface area contributed by atoms with Crippen molar-refractivity contribution in [1.29, 1.82) is 0 Å². The standard InChI is InChI=1S/C28H33N3O7/c1-30(2)17-11-14(12-7-5-6-8-12)22(32)19-15(17)9-13-10-16-21(31(3)4)24(34)20(27(29)37)26(36)28(16,38)25(35)18(13)23(19)33/h7,11,13,16,21,32-33,36,38H,5-6,8-10H2,1-4H3,(H2,29,37)/t13-,16-,21-,28-/m0/s1. The highest BCUT2D eigenvalue weighted by molar-refractivity contribution is 6.24. The Labute approximate surface area is 220 Å². The van der Waals surface area contributed by atoms with E-state index in [1.165, 1.54) is 4.90 Å². The lowest BCUT2D eigenvalue weighted by molar-refractivity contribution is -0.153. The van der Waals surface area contributed by atoms with Crippen LogP contribution in [-0.2, 0) is 20.8 Å². The van der Waals surface area contributed by atoms with E-state index in [9.17, 15) is 34.8 Å². The minimum absolute atomic E-state index is 0.0618. The van der Waals surface area contributed by atoms with E-state index in [1.54, 1.807) is 14.1 Å². The lowest BCUT2D eigenvalue weighted by Crippen LogP contribution is -2.65. The van der Waals surface area contributed by atoms with Crippen LogP contribution < -0.4 is 10.6 Å². The summed E-state index contributed by atoms with van der Waals surface area (Å²) in [5.74, 6) is -6.43. The van der Waals surface area contributed by atoms with Crippen molar-refractivity contribution in [3.05, 3.63) is 45.7 Å². The Balaban J connectivity index is 1.76. The maximum atomic E-state index is 14.0. The normalized spacial score (nSPS) is 28.8. The zero-order valence-electron chi connectivity index (χ0n) is 21.9. The van der Waals surface area contributed by atoms with Gasteiger partial charge in [0.15, 0.2) is 11.4 Å². The average molecular weight is 524 g/mol. The molecule has 1 aromatic rings. The first-order valence-electron chi connectivity index (χ1n) is 12.7. The number of aliphatic hydroxyl groups excluding tert-OH is 2. The SMILES string of the molecule is CN(C)c1cc(C2=CCCC2)c(O)c2c1C[C@H]1C[C@H]3[C@H](N(C)C)C(=O)C(C(N)=O)=C(O)[C@@]3(O)C(=O)C1=C2O. The van der Waals surface area contributed by atoms with Gasteiger partial charge in [0.2, 0.25) is 5.78 Å². The van der Waals surface area contributed by atoms with Crippen LogP contribution in [0.15, 0.2) is 29.0 Å². The van der Waals surface area contributed by atoms with Crippen LogP contribution in [0.25, 0.3) is 11.3 Å². The molecule has 1 amide bonds. The number of hydrogen-bond donors (Lipinski definition) is 5. The van der Waals surface area contributed by atoms with Crippen molar-refractivity contribution < 1.29 is 34.8 Å². The monoisotopic (exact) mass is 523 g/mol. The molecule has 0 bridgehead atoms. The molecule has 0 spiro atoms. The third kappa shape index (κ3) is 3.36. The number of allylic oxidation sites excluding steroid dienone is 2. The summed E-state index contributed by atoms with van der Waals surface area (Å²) in [6, 6.07) is 0.788. The number of benzene rings is 1. The largest absolute Gasteiger partial charge is 0.508 e. The van der Waals surface area contributed by atoms with Gasteiger partial charge >= 0.3 is 0 Å². The summed E-state index contributed by atoms with van der Waals surface area (Å²) in [6.45, 7) is 0. The molecule has 10 nitrogen and oxygen atoms in total. The van der Waals surface area contributed by atoms with Crippen molar-refractivity contribution >= 4 is 34.5 Å². The van der Waals surface area contributed by atoms with Crippen LogP contribution in [0.2, 0.25) is 0 Å². The molecule has 10 heteroatoms. The van der Waals surface area contributed by atoms with E-state index in [4.69, 9.17) is 5.73 Å². The van der Waals surface area contributed by atoms with Gasteiger partial charge in [-0.25, -0.2) is 0 Å². The van der Waals surface area contributed by atoms with Crippen LogP contribution in [-0.4, -0.2) is 82.6 Å². The molecule has 0 aliphatic heterocycles. The third-order valence-electron chi connectivity index (χ3n) is 8.57. The van der Waals surface area contributed by atoms with Crippen molar-refractivity contribution in [3.8, 4) is 5.75 Å². The highest BCUT2D eigenvalue weighted by Gasteiger charge is 2.64. The van der Waals surface area contributed by atoms with Gasteiger partial charge in [0, 0.05) is 36.8 Å². The highest BCUT2D eigenvalue weighted by atomic mass is 16.3. The lowest BCUT2D eigenvalue weighted by atomic mass is 9.57. The van der Waals surface area contributed by atoms with Crippen LogP contribution in [0.3, 0.4) is 0 Å². The van der Waals surface area contributed by atoms with Crippen molar-refractivity contribution in [2.45, 2.75) is 43.7 Å². The Morgan fingerprint density at radius 2 is 1.82 bits per heavy atom. The number of fused-ring (bicyclic) bond motifs is 3. The molecule has 38 heavy (non-hydrogen) atoms. The number of nitrogens with two attached hydrogens (primary N) is 1. The minimum atomic E-state index is -2.64. The first-order valence-corrected chi connectivity index (χ1v) is 12.7. The molecule has 0 radical (unpaired) electrons. The second kappa shape index (κ2) is 8.71. The zero-order valence-corrected chi connectivity index (χ0v) is 21.9. The van der Waals surface area contributed by atoms with E-state index in [2.05, 4.69) is 0 Å². The average Bonchev–Trinajstić information content (AvgIpc) is 3.35. The van der Waals surface area contributed by atoms with E-state index in [-0.39, 0.29) is 29.7 Å². The number of anilines is 1. The van der Waals surface area contributed by atoms with Gasteiger partial charge in [-0.2, -0.15) is 0 Å². The fourth-order valence-electron chi connectivity index (χ4n) is 6.85. The van der Waals surface area contributed by atoms with Gasteiger partial charge < -0.3 is 31.1 Å². The fourth-order valence-corrected chi connectivity index (χ4v) is 6.85. The first kappa shape index (κ1) is 26.0. The molecule has 6 N–H and O–H groups in total. The first-order chi connectivity index (χ1) is 17.8. The highest BCUT2D eigenvalue weighted by Crippen LogP contribution is 2.54. The summed E-state index contributed by atoms with van der Waals surface area (Å²) in [7, 11) is 6.87. The fraction of sp³-hybridized carbons (Fsp3) is 0.464. The van der Waals surface area contributed by atoms with Crippen LogP contribution >= 0.6 is 0 Å². The molecular weight excluding hydrogens is 490 g/mol. The molecule has 1 saturated carbocycles. The number of phenolic OH excluding ortho intramolecular Hbond substituents is 1. The van der Waals surface area contributed by atoms with Gasteiger partial charge in [-0.3, -0.25) is 19.3 Å². The molecule has 4 aliphatic carbocycles. The van der Waals surface area contributed by atoms with Gasteiger partial charge in [-0.15, -0.1) is 0 Å². The summed E-state index contributed by atoms with van der Waals surface area (Å²) in [4.78, 5) is 42.7. The number of aromatic hydroxyl groups is 1. The van der Waals surface area contributed by atoms with Crippen molar-refractivity contribution in [3.63, 3.8) is 0 Å². The second-order valence-electron chi connectivity index (χ2n) is 11.1. The molecule has 0 heterocycles. The number of Topliss-reactive ketones (excluding diaryl/α,β-unsaturated/α-hetero) is 2. The van der Waals surface area contributed by atoms with Gasteiger partial charge in [0.1, 0.15) is 22.8 Å². The maximum absolute atomic E-state index is 14.0. The maximum Gasteiger partial charge on any atom is 0.255 e. The topological polar surface area (TPSA) is 165 Å². The van der Waals surface area contributed by atoms with Gasteiger partial charge in [-0.1, -0.05) is 6.08 Å². The second-order valence-corrected chi connectivity index (χ2v) is 11.1. The van der Waals surface area contributed by atoms with Crippen LogP contribution in [0.5, 0.6) is 5.75 Å². The minimum Gasteiger partial charge on any atom is -0.508 e. The third-order valence-corrected chi connectivity index (χ3v) is 8.57. The van der Waals surface area contributed by atoms with Crippen molar-refractivity contribution in [2.24, 2.45) is 17.6 Å². The molecule has 4 aliphatic rings. The number of nitrogens with zero attached hydrogens (tertiary/aromatic N) is 2. The summed E-state index contributed by atoms with van der Waals surface area (Å²) >= 11 is 0. The quantitative estimate of drug-likeness (QED) is 0.369. The summed E-state index contributed by atoms with van der Waals surface area (Å²) in [5, 5.41) is 45.6. The van der Waals surface area contributed by atoms with E-state index in [0.717, 1.165) is 30.5 Å². The number of phenols is 1. The Morgan fingerprint density at radius 1 is 1.13 bits per heavy atom. The number of hydrogen-bond acceptors (Lipinski definition) is 9. The number of carbonyl (C=O) groups is 3. The Kier molecular flexibility index (Phi) is 5.96. The molecule has 1 fully saturated rings. The molecular formula is C28H33N3O7. The molecule has 0 saturated heterocycles. The van der Waals surface area contributed by atoms with E-state index < -0.39 is 58.0 Å². The van der Waals surface area contributed by atoms with E-state index in [1.807, 2.05) is 31.1 Å². The molecule has 4 atom stereocenters. The predicted octanol–water partition coefficient (Wildman–Crippen LogP) is 1.60. The molecule has 0 unspecified atom stereocenters. The Hall–Kier alpha value is -3.63. The lowest BCUT2D eigenvalue weighted by Gasteiger charge is -2.50. The zero-order chi connectivity index (χ0) is 27.8. The van der Waals surface area contributed by atoms with Gasteiger partial charge in [-0.05, 0) is 69.3 Å². The van der Waals surface area contributed by atoms with Crippen LogP contribution in [0, 0.1) is 11.8 Å². The number of primary amides is 1. The number of amides is 1. The molecule has 1 aromatic carbocycles. The molecule has 5 rings (SSSR count). The van der Waals surface area contributed by atoms with Crippen LogP contribution in [0.4, 0.5) is 5.69 Å². The number of likely N-dealkylation sites (N-methyl/N-ethyl adjacent to an activating group) is 1. The van der Waals surface area contributed by atoms with Gasteiger partial charge in [0.05, 0.1) is 11.6 Å². The number of aliphatic hydroxyl groups is 3. The number of carbonyl (C=O) groups excluding carboxylic acids is 3.